The average molecular weight is 400 g/mol. The second kappa shape index (κ2) is 10.9. The van der Waals surface area contributed by atoms with Gasteiger partial charge in [-0.2, -0.15) is 5.10 Å². The zero-order valence-electron chi connectivity index (χ0n) is 17.3. The minimum atomic E-state index is -0.420. The highest BCUT2D eigenvalue weighted by molar-refractivity contribution is 6.04. The Labute approximate surface area is 171 Å². The topological polar surface area (TPSA) is 89.4 Å². The third kappa shape index (κ3) is 5.63. The molecule has 2 aromatic rings. The van der Waals surface area contributed by atoms with E-state index in [1.54, 1.807) is 36.4 Å². The van der Waals surface area contributed by atoms with Crippen LogP contribution in [0.25, 0.3) is 0 Å². The fourth-order valence-electron chi connectivity index (χ4n) is 2.75. The van der Waals surface area contributed by atoms with Crippen LogP contribution < -0.4 is 19.6 Å². The van der Waals surface area contributed by atoms with E-state index in [9.17, 15) is 9.90 Å². The zero-order valence-corrected chi connectivity index (χ0v) is 17.3. The van der Waals surface area contributed by atoms with Crippen molar-refractivity contribution in [1.29, 1.82) is 0 Å². The van der Waals surface area contributed by atoms with E-state index in [2.05, 4.69) is 10.5 Å². The first-order chi connectivity index (χ1) is 14.0. The number of nitrogens with zero attached hydrogens (tertiary/aromatic N) is 1. The quantitative estimate of drug-likeness (QED) is 0.462. The minimum Gasteiger partial charge on any atom is -0.507 e. The van der Waals surface area contributed by atoms with Crippen molar-refractivity contribution in [3.8, 4) is 23.0 Å². The van der Waals surface area contributed by atoms with Gasteiger partial charge in [0.1, 0.15) is 5.75 Å². The molecule has 0 aromatic heterocycles. The van der Waals surface area contributed by atoms with Crippen molar-refractivity contribution in [2.45, 2.75) is 34.1 Å². The van der Waals surface area contributed by atoms with Gasteiger partial charge in [0.25, 0.3) is 5.91 Å². The molecule has 2 rings (SSSR count). The number of phenolic OH excluding ortho intramolecular Hbond substituents is 1. The summed E-state index contributed by atoms with van der Waals surface area (Å²) in [5, 5.41) is 14.2. The number of amides is 1. The fraction of sp³-hybridized carbons (Fsp3) is 0.364. The number of rotatable bonds is 10. The van der Waals surface area contributed by atoms with E-state index in [0.29, 0.717) is 60.3 Å². The summed E-state index contributed by atoms with van der Waals surface area (Å²) in [7, 11) is 0. The van der Waals surface area contributed by atoms with Crippen LogP contribution in [-0.4, -0.2) is 36.5 Å². The molecule has 0 heterocycles. The highest BCUT2D eigenvalue weighted by Gasteiger charge is 2.18. The summed E-state index contributed by atoms with van der Waals surface area (Å²) in [6.07, 6.45) is 0.537. The first kappa shape index (κ1) is 22.1. The maximum Gasteiger partial charge on any atom is 0.271 e. The molecule has 1 amide bonds. The van der Waals surface area contributed by atoms with Crippen LogP contribution in [0.5, 0.6) is 23.0 Å². The molecule has 0 saturated heterocycles. The van der Waals surface area contributed by atoms with Crippen LogP contribution in [0.3, 0.4) is 0 Å². The van der Waals surface area contributed by atoms with Crippen LogP contribution in [-0.2, 0) is 0 Å². The highest BCUT2D eigenvalue weighted by atomic mass is 16.5. The molecular weight excluding hydrogens is 372 g/mol. The van der Waals surface area contributed by atoms with Crippen molar-refractivity contribution >= 4 is 11.6 Å². The smallest absolute Gasteiger partial charge is 0.271 e. The number of hydrogen-bond acceptors (Lipinski definition) is 6. The lowest BCUT2D eigenvalue weighted by atomic mass is 10.1. The molecule has 0 bridgehead atoms. The maximum atomic E-state index is 12.7. The van der Waals surface area contributed by atoms with Gasteiger partial charge in [-0.25, -0.2) is 5.43 Å². The number of ether oxygens (including phenoxy) is 3. The second-order valence-electron chi connectivity index (χ2n) is 5.97. The molecule has 7 heteroatoms. The first-order valence-corrected chi connectivity index (χ1v) is 9.77. The van der Waals surface area contributed by atoms with Crippen molar-refractivity contribution in [3.05, 3.63) is 47.5 Å². The second-order valence-corrected chi connectivity index (χ2v) is 5.97. The number of hydrogen-bond donors (Lipinski definition) is 2. The molecule has 0 saturated carbocycles. The maximum absolute atomic E-state index is 12.7. The molecule has 0 fully saturated rings. The molecule has 7 nitrogen and oxygen atoms in total. The van der Waals surface area contributed by atoms with Crippen LogP contribution in [0.1, 0.15) is 50.0 Å². The Morgan fingerprint density at radius 1 is 0.966 bits per heavy atom. The van der Waals surface area contributed by atoms with Gasteiger partial charge >= 0.3 is 0 Å². The van der Waals surface area contributed by atoms with Gasteiger partial charge in [0, 0.05) is 11.1 Å². The Morgan fingerprint density at radius 3 is 2.07 bits per heavy atom. The summed E-state index contributed by atoms with van der Waals surface area (Å²) in [6, 6.07) is 10.1. The number of phenols is 1. The lowest BCUT2D eigenvalue weighted by molar-refractivity contribution is 0.0953. The third-order valence-electron chi connectivity index (χ3n) is 4.01. The summed E-state index contributed by atoms with van der Waals surface area (Å²) in [6.45, 7) is 8.75. The Balaban J connectivity index is 2.35. The van der Waals surface area contributed by atoms with Crippen LogP contribution in [0.2, 0.25) is 0 Å². The SMILES string of the molecule is CCOc1cc(C(=O)NN=C(CC)c2ccccc2O)cc(OCC)c1OCC. The van der Waals surface area contributed by atoms with Crippen molar-refractivity contribution in [2.24, 2.45) is 5.10 Å². The number of benzene rings is 2. The van der Waals surface area contributed by atoms with Gasteiger partial charge in [0.15, 0.2) is 11.5 Å². The molecule has 156 valence electrons. The predicted octanol–water partition coefficient (Wildman–Crippen LogP) is 4.13. The Bertz CT molecular complexity index is 837. The molecule has 0 aliphatic carbocycles. The largest absolute Gasteiger partial charge is 0.507 e. The first-order valence-electron chi connectivity index (χ1n) is 9.77. The Morgan fingerprint density at radius 2 is 1.55 bits per heavy atom. The number of hydrazone groups is 1. The fourth-order valence-corrected chi connectivity index (χ4v) is 2.75. The van der Waals surface area contributed by atoms with Crippen LogP contribution >= 0.6 is 0 Å². The predicted molar refractivity (Wildman–Crippen MR) is 112 cm³/mol. The molecule has 0 aliphatic rings. The molecule has 0 spiro atoms. The van der Waals surface area contributed by atoms with Gasteiger partial charge in [-0.15, -0.1) is 0 Å². The summed E-state index contributed by atoms with van der Waals surface area (Å²) < 4.78 is 16.9. The van der Waals surface area contributed by atoms with Gasteiger partial charge in [-0.3, -0.25) is 4.79 Å². The van der Waals surface area contributed by atoms with E-state index < -0.39 is 5.91 Å². The number of carbonyl (C=O) groups is 1. The van der Waals surface area contributed by atoms with Crippen LogP contribution in [0.15, 0.2) is 41.5 Å². The normalized spacial score (nSPS) is 11.1. The molecule has 0 radical (unpaired) electrons. The minimum absolute atomic E-state index is 0.112. The number of aromatic hydroxyl groups is 1. The van der Waals surface area contributed by atoms with Gasteiger partial charge in [0.05, 0.1) is 25.5 Å². The standard InChI is InChI=1S/C22H28N2O5/c1-5-17(16-11-9-10-12-18(16)25)23-24-22(26)15-13-19(27-6-2)21(29-8-4)20(14-15)28-7-3/h9-14,25H,5-8H2,1-4H3,(H,24,26). The third-order valence-corrected chi connectivity index (χ3v) is 4.01. The highest BCUT2D eigenvalue weighted by Crippen LogP contribution is 2.39. The zero-order chi connectivity index (χ0) is 21.2. The summed E-state index contributed by atoms with van der Waals surface area (Å²) in [4.78, 5) is 12.7. The lowest BCUT2D eigenvalue weighted by Crippen LogP contribution is -2.20. The van der Waals surface area contributed by atoms with E-state index in [0.717, 1.165) is 0 Å². The van der Waals surface area contributed by atoms with Crippen molar-refractivity contribution in [2.75, 3.05) is 19.8 Å². The molecule has 0 atom stereocenters. The van der Waals surface area contributed by atoms with Gasteiger partial charge < -0.3 is 19.3 Å². The number of para-hydroxylation sites is 1. The molecule has 2 aromatic carbocycles. The van der Waals surface area contributed by atoms with Gasteiger partial charge in [-0.05, 0) is 51.5 Å². The van der Waals surface area contributed by atoms with Crippen LogP contribution in [0, 0.1) is 0 Å². The molecule has 2 N–H and O–H groups in total. The van der Waals surface area contributed by atoms with Crippen molar-refractivity contribution in [3.63, 3.8) is 0 Å². The Kier molecular flexibility index (Phi) is 8.33. The molecule has 0 unspecified atom stereocenters. The van der Waals surface area contributed by atoms with Crippen molar-refractivity contribution in [1.82, 2.24) is 5.43 Å². The van der Waals surface area contributed by atoms with E-state index in [1.165, 1.54) is 0 Å². The van der Waals surface area contributed by atoms with E-state index in [1.807, 2.05) is 27.7 Å². The van der Waals surface area contributed by atoms with E-state index in [4.69, 9.17) is 14.2 Å². The van der Waals surface area contributed by atoms with Crippen LogP contribution in [0.4, 0.5) is 0 Å². The molecular formula is C22H28N2O5. The molecule has 0 aliphatic heterocycles. The lowest BCUT2D eigenvalue weighted by Gasteiger charge is -2.16. The van der Waals surface area contributed by atoms with E-state index >= 15 is 0 Å². The van der Waals surface area contributed by atoms with Gasteiger partial charge in [0.2, 0.25) is 5.75 Å². The summed E-state index contributed by atoms with van der Waals surface area (Å²) >= 11 is 0. The summed E-state index contributed by atoms with van der Waals surface area (Å²) in [5.41, 5.74) is 4.03. The monoisotopic (exact) mass is 400 g/mol. The number of nitrogens with one attached hydrogen (secondary N) is 1. The number of carbonyl (C=O) groups excluding carboxylic acids is 1. The van der Waals surface area contributed by atoms with Crippen molar-refractivity contribution < 1.29 is 24.1 Å². The average Bonchev–Trinajstić information content (AvgIpc) is 2.72. The van der Waals surface area contributed by atoms with Gasteiger partial charge in [-0.1, -0.05) is 19.1 Å². The molecule has 29 heavy (non-hydrogen) atoms. The summed E-state index contributed by atoms with van der Waals surface area (Å²) in [5.74, 6) is 1.04. The van der Waals surface area contributed by atoms with E-state index in [-0.39, 0.29) is 5.75 Å². The Hall–Kier alpha value is -3.22.